The summed E-state index contributed by atoms with van der Waals surface area (Å²) in [6.07, 6.45) is 5.00. The van der Waals surface area contributed by atoms with Crippen molar-refractivity contribution in [1.82, 2.24) is 19.8 Å². The van der Waals surface area contributed by atoms with Gasteiger partial charge in [-0.05, 0) is 24.7 Å². The maximum Gasteiger partial charge on any atom is 0.228 e. The Morgan fingerprint density at radius 1 is 1.29 bits per heavy atom. The second-order valence-corrected chi connectivity index (χ2v) is 8.45. The lowest BCUT2D eigenvalue weighted by atomic mass is 10.2. The van der Waals surface area contributed by atoms with E-state index in [1.807, 2.05) is 30.0 Å². The highest BCUT2D eigenvalue weighted by molar-refractivity contribution is 7.90. The molecular formula is C20H26N4O2S2. The van der Waals surface area contributed by atoms with Gasteiger partial charge in [0.25, 0.3) is 0 Å². The number of nitrogens with zero attached hydrogens (tertiary/aromatic N) is 3. The second-order valence-electron chi connectivity index (χ2n) is 6.18. The molecule has 8 heteroatoms. The van der Waals surface area contributed by atoms with Crippen LogP contribution in [0.15, 0.2) is 67.0 Å². The average molecular weight is 419 g/mol. The Morgan fingerprint density at radius 3 is 2.61 bits per heavy atom. The van der Waals surface area contributed by atoms with Gasteiger partial charge < -0.3 is 14.8 Å². The molecule has 0 saturated carbocycles. The summed E-state index contributed by atoms with van der Waals surface area (Å²) in [6, 6.07) is 9.08. The molecule has 28 heavy (non-hydrogen) atoms. The minimum atomic E-state index is -3.61. The SMILES string of the molecule is C=CCN(Cc1cnc(S(=O)(=O)Cc2ccccc2)n1CC=C)C(=S)NCC. The fourth-order valence-electron chi connectivity index (χ4n) is 2.78. The van der Waals surface area contributed by atoms with Crippen molar-refractivity contribution >= 4 is 27.2 Å². The van der Waals surface area contributed by atoms with Gasteiger partial charge in [-0.25, -0.2) is 13.4 Å². The molecule has 0 spiro atoms. The predicted molar refractivity (Wildman–Crippen MR) is 117 cm³/mol. The topological polar surface area (TPSA) is 67.2 Å². The van der Waals surface area contributed by atoms with Crippen molar-refractivity contribution in [2.75, 3.05) is 13.1 Å². The molecule has 0 aliphatic rings. The van der Waals surface area contributed by atoms with Crippen molar-refractivity contribution in [3.63, 3.8) is 0 Å². The largest absolute Gasteiger partial charge is 0.363 e. The second kappa shape index (κ2) is 10.2. The van der Waals surface area contributed by atoms with Gasteiger partial charge >= 0.3 is 0 Å². The summed E-state index contributed by atoms with van der Waals surface area (Å²) in [6.45, 7) is 11.5. The first-order valence-corrected chi connectivity index (χ1v) is 11.0. The van der Waals surface area contributed by atoms with E-state index in [1.165, 1.54) is 0 Å². The normalized spacial score (nSPS) is 11.0. The van der Waals surface area contributed by atoms with Crippen molar-refractivity contribution < 1.29 is 8.42 Å². The molecule has 0 bridgehead atoms. The maximum atomic E-state index is 13.0. The van der Waals surface area contributed by atoms with Crippen molar-refractivity contribution in [3.8, 4) is 0 Å². The standard InChI is InChI=1S/C20H26N4O2S2/c1-4-12-23(19(27)21-6-3)15-18-14-22-20(24(18)13-5-2)28(25,26)16-17-10-8-7-9-11-17/h4-5,7-11,14H,1-2,6,12-13,15-16H2,3H3,(H,21,27). The third-order valence-corrected chi connectivity index (χ3v) is 6.01. The number of benzene rings is 1. The molecule has 0 amide bonds. The van der Waals surface area contributed by atoms with Gasteiger partial charge in [-0.2, -0.15) is 0 Å². The minimum absolute atomic E-state index is 0.0409. The van der Waals surface area contributed by atoms with Crippen LogP contribution in [0.1, 0.15) is 18.2 Å². The number of imidazole rings is 1. The van der Waals surface area contributed by atoms with Crippen LogP contribution in [0.3, 0.4) is 0 Å². The van der Waals surface area contributed by atoms with E-state index in [1.54, 1.807) is 35.0 Å². The molecule has 2 rings (SSSR count). The van der Waals surface area contributed by atoms with E-state index in [0.717, 1.165) is 11.3 Å². The summed E-state index contributed by atoms with van der Waals surface area (Å²) < 4.78 is 27.6. The van der Waals surface area contributed by atoms with Crippen LogP contribution < -0.4 is 5.32 Å². The first-order chi connectivity index (χ1) is 13.4. The molecule has 6 nitrogen and oxygen atoms in total. The molecule has 0 aliphatic heterocycles. The number of aromatic nitrogens is 2. The molecule has 1 aromatic carbocycles. The lowest BCUT2D eigenvalue weighted by molar-refractivity contribution is 0.429. The third kappa shape index (κ3) is 5.53. The van der Waals surface area contributed by atoms with Crippen LogP contribution in [-0.2, 0) is 28.7 Å². The van der Waals surface area contributed by atoms with Crippen LogP contribution in [0, 0.1) is 0 Å². The van der Waals surface area contributed by atoms with Crippen molar-refractivity contribution in [1.29, 1.82) is 0 Å². The van der Waals surface area contributed by atoms with E-state index in [9.17, 15) is 8.42 Å². The van der Waals surface area contributed by atoms with Crippen LogP contribution in [0.5, 0.6) is 0 Å². The fourth-order valence-corrected chi connectivity index (χ4v) is 4.57. The summed E-state index contributed by atoms with van der Waals surface area (Å²) in [5, 5.41) is 3.74. The highest BCUT2D eigenvalue weighted by Crippen LogP contribution is 2.19. The van der Waals surface area contributed by atoms with Gasteiger partial charge in [-0.3, -0.25) is 0 Å². The summed E-state index contributed by atoms with van der Waals surface area (Å²) in [5.41, 5.74) is 1.47. The number of hydrogen-bond donors (Lipinski definition) is 1. The molecule has 0 unspecified atom stereocenters. The van der Waals surface area contributed by atoms with Crippen molar-refractivity contribution in [3.05, 3.63) is 73.1 Å². The van der Waals surface area contributed by atoms with Gasteiger partial charge in [-0.15, -0.1) is 13.2 Å². The zero-order chi connectivity index (χ0) is 20.6. The number of sulfone groups is 1. The molecule has 1 N–H and O–H groups in total. The fraction of sp³-hybridized carbons (Fsp3) is 0.300. The van der Waals surface area contributed by atoms with Gasteiger partial charge in [0.15, 0.2) is 5.11 Å². The molecular weight excluding hydrogens is 392 g/mol. The Labute approximate surface area is 172 Å². The summed E-state index contributed by atoms with van der Waals surface area (Å²) in [5.74, 6) is -0.104. The summed E-state index contributed by atoms with van der Waals surface area (Å²) in [7, 11) is -3.61. The minimum Gasteiger partial charge on any atom is -0.363 e. The Bertz CT molecular complexity index is 921. The van der Waals surface area contributed by atoms with Crippen LogP contribution in [-0.4, -0.2) is 41.1 Å². The Morgan fingerprint density at radius 2 is 2.00 bits per heavy atom. The van der Waals surface area contributed by atoms with E-state index >= 15 is 0 Å². The van der Waals surface area contributed by atoms with E-state index in [4.69, 9.17) is 12.2 Å². The Balaban J connectivity index is 2.35. The molecule has 0 radical (unpaired) electrons. The highest BCUT2D eigenvalue weighted by atomic mass is 32.2. The van der Waals surface area contributed by atoms with Crippen LogP contribution in [0.2, 0.25) is 0 Å². The van der Waals surface area contributed by atoms with Gasteiger partial charge in [0.05, 0.1) is 24.2 Å². The number of rotatable bonds is 10. The molecule has 150 valence electrons. The third-order valence-electron chi connectivity index (χ3n) is 4.01. The lowest BCUT2D eigenvalue weighted by Gasteiger charge is -2.24. The predicted octanol–water partition coefficient (Wildman–Crippen LogP) is 2.93. The molecule has 1 heterocycles. The van der Waals surface area contributed by atoms with Gasteiger partial charge in [0, 0.05) is 19.6 Å². The molecule has 2 aromatic rings. The Kier molecular flexibility index (Phi) is 7.95. The number of allylic oxidation sites excluding steroid dienone is 1. The van der Waals surface area contributed by atoms with E-state index in [2.05, 4.69) is 23.5 Å². The van der Waals surface area contributed by atoms with Gasteiger partial charge in [0.2, 0.25) is 15.0 Å². The van der Waals surface area contributed by atoms with Crippen molar-refractivity contribution in [2.45, 2.75) is 30.9 Å². The molecule has 0 saturated heterocycles. The number of thiocarbonyl (C=S) groups is 1. The lowest BCUT2D eigenvalue weighted by Crippen LogP contribution is -2.39. The molecule has 0 atom stereocenters. The summed E-state index contributed by atoms with van der Waals surface area (Å²) >= 11 is 5.41. The number of nitrogens with one attached hydrogen (secondary N) is 1. The first kappa shape index (κ1) is 21.8. The average Bonchev–Trinajstić information content (AvgIpc) is 3.06. The quantitative estimate of drug-likeness (QED) is 0.473. The van der Waals surface area contributed by atoms with E-state index < -0.39 is 9.84 Å². The van der Waals surface area contributed by atoms with Gasteiger partial charge in [-0.1, -0.05) is 42.5 Å². The highest BCUT2D eigenvalue weighted by Gasteiger charge is 2.24. The van der Waals surface area contributed by atoms with Gasteiger partial charge in [0.1, 0.15) is 0 Å². The zero-order valence-electron chi connectivity index (χ0n) is 16.0. The smallest absolute Gasteiger partial charge is 0.228 e. The van der Waals surface area contributed by atoms with Crippen molar-refractivity contribution in [2.24, 2.45) is 0 Å². The van der Waals surface area contributed by atoms with E-state index in [-0.39, 0.29) is 10.9 Å². The first-order valence-electron chi connectivity index (χ1n) is 8.98. The Hall–Kier alpha value is -2.45. The summed E-state index contributed by atoms with van der Waals surface area (Å²) in [4.78, 5) is 6.14. The molecule has 0 fully saturated rings. The maximum absolute atomic E-state index is 13.0. The number of hydrogen-bond acceptors (Lipinski definition) is 4. The van der Waals surface area contributed by atoms with Crippen LogP contribution in [0.4, 0.5) is 0 Å². The molecule has 1 aromatic heterocycles. The zero-order valence-corrected chi connectivity index (χ0v) is 17.7. The van der Waals surface area contributed by atoms with E-state index in [0.29, 0.717) is 31.3 Å². The molecule has 0 aliphatic carbocycles. The monoisotopic (exact) mass is 418 g/mol. The van der Waals surface area contributed by atoms with Crippen LogP contribution >= 0.6 is 12.2 Å². The van der Waals surface area contributed by atoms with Crippen LogP contribution in [0.25, 0.3) is 0 Å².